The molecule has 162 valence electrons. The minimum atomic E-state index is -0.231. The molecule has 32 heavy (non-hydrogen) atoms. The second kappa shape index (κ2) is 8.42. The van der Waals surface area contributed by atoms with Gasteiger partial charge in [-0.25, -0.2) is 4.68 Å². The number of benzene rings is 2. The molecule has 1 N–H and O–H groups in total. The molecular weight excluding hydrogens is 402 g/mol. The van der Waals surface area contributed by atoms with Crippen molar-refractivity contribution >= 4 is 5.91 Å². The number of hydrogen-bond acceptors (Lipinski definition) is 5. The highest BCUT2D eigenvalue weighted by atomic mass is 16.5. The molecule has 1 aliphatic rings. The van der Waals surface area contributed by atoms with Crippen LogP contribution in [0.2, 0.25) is 0 Å². The highest BCUT2D eigenvalue weighted by Gasteiger charge is 2.29. The number of amides is 1. The summed E-state index contributed by atoms with van der Waals surface area (Å²) in [6.07, 6.45) is 4.94. The Bertz CT molecular complexity index is 1250. The van der Waals surface area contributed by atoms with Gasteiger partial charge in [0.25, 0.3) is 5.91 Å². The molecule has 1 aliphatic carbocycles. The second-order valence-electron chi connectivity index (χ2n) is 8.18. The van der Waals surface area contributed by atoms with Gasteiger partial charge in [0.2, 0.25) is 5.89 Å². The van der Waals surface area contributed by atoms with Crippen LogP contribution in [0.15, 0.2) is 59.3 Å². The first-order valence-electron chi connectivity index (χ1n) is 11.0. The molecule has 0 unspecified atom stereocenters. The first-order chi connectivity index (χ1) is 15.6. The van der Waals surface area contributed by atoms with Crippen molar-refractivity contribution in [3.05, 3.63) is 83.1 Å². The van der Waals surface area contributed by atoms with Crippen LogP contribution in [0.3, 0.4) is 0 Å². The maximum absolute atomic E-state index is 13.2. The van der Waals surface area contributed by atoms with Crippen molar-refractivity contribution < 1.29 is 9.32 Å². The molecule has 1 saturated carbocycles. The molecule has 0 bridgehead atoms. The summed E-state index contributed by atoms with van der Waals surface area (Å²) in [6, 6.07) is 16.1. The molecule has 0 atom stereocenters. The van der Waals surface area contributed by atoms with Crippen molar-refractivity contribution in [2.75, 3.05) is 0 Å². The highest BCUT2D eigenvalue weighted by Crippen LogP contribution is 2.38. The van der Waals surface area contributed by atoms with Gasteiger partial charge in [0.15, 0.2) is 5.82 Å². The zero-order valence-corrected chi connectivity index (χ0v) is 18.2. The van der Waals surface area contributed by atoms with Crippen LogP contribution in [0.1, 0.15) is 58.9 Å². The van der Waals surface area contributed by atoms with Gasteiger partial charge >= 0.3 is 0 Å². The number of nitrogens with one attached hydrogen (secondary N) is 1. The number of aromatic nitrogens is 4. The molecule has 1 amide bonds. The predicted molar refractivity (Wildman–Crippen MR) is 121 cm³/mol. The van der Waals surface area contributed by atoms with Gasteiger partial charge in [0.1, 0.15) is 5.69 Å². The van der Waals surface area contributed by atoms with E-state index in [2.05, 4.69) is 34.5 Å². The van der Waals surface area contributed by atoms with Gasteiger partial charge in [-0.2, -0.15) is 10.1 Å². The lowest BCUT2D eigenvalue weighted by Crippen LogP contribution is -2.23. The molecule has 0 spiro atoms. The summed E-state index contributed by atoms with van der Waals surface area (Å²) in [4.78, 5) is 17.6. The third-order valence-corrected chi connectivity index (χ3v) is 5.78. The van der Waals surface area contributed by atoms with Crippen molar-refractivity contribution in [3.8, 4) is 16.9 Å². The van der Waals surface area contributed by atoms with Gasteiger partial charge in [0, 0.05) is 17.7 Å². The van der Waals surface area contributed by atoms with E-state index in [1.54, 1.807) is 10.9 Å². The van der Waals surface area contributed by atoms with Gasteiger partial charge in [-0.05, 0) is 43.4 Å². The van der Waals surface area contributed by atoms with Crippen molar-refractivity contribution in [1.29, 1.82) is 0 Å². The summed E-state index contributed by atoms with van der Waals surface area (Å²) in [5.74, 6) is 1.33. The third-order valence-electron chi connectivity index (χ3n) is 5.78. The van der Waals surface area contributed by atoms with E-state index in [-0.39, 0.29) is 12.5 Å². The molecule has 0 aliphatic heterocycles. The summed E-state index contributed by atoms with van der Waals surface area (Å²) in [5, 5.41) is 11.7. The van der Waals surface area contributed by atoms with E-state index in [0.717, 1.165) is 41.9 Å². The average Bonchev–Trinajstić information content (AvgIpc) is 3.40. The summed E-state index contributed by atoms with van der Waals surface area (Å²) in [5.41, 5.74) is 5.28. The zero-order chi connectivity index (χ0) is 22.1. The number of aryl methyl sites for hydroxylation is 2. The number of rotatable bonds is 7. The molecule has 2 heterocycles. The molecule has 7 nitrogen and oxygen atoms in total. The molecule has 7 heteroatoms. The van der Waals surface area contributed by atoms with Crippen LogP contribution in [0.4, 0.5) is 0 Å². The lowest BCUT2D eigenvalue weighted by atomic mass is 10.0. The van der Waals surface area contributed by atoms with E-state index in [0.29, 0.717) is 23.1 Å². The molecule has 1 fully saturated rings. The predicted octanol–water partition coefficient (Wildman–Crippen LogP) is 4.60. The van der Waals surface area contributed by atoms with Crippen LogP contribution in [0, 0.1) is 6.92 Å². The van der Waals surface area contributed by atoms with Crippen molar-refractivity contribution in [2.24, 2.45) is 0 Å². The van der Waals surface area contributed by atoms with Crippen LogP contribution in [0.25, 0.3) is 16.9 Å². The summed E-state index contributed by atoms with van der Waals surface area (Å²) >= 11 is 0. The molecule has 2 aromatic carbocycles. The van der Waals surface area contributed by atoms with Crippen LogP contribution >= 0.6 is 0 Å². The lowest BCUT2D eigenvalue weighted by Gasteiger charge is -2.05. The molecule has 4 aromatic rings. The van der Waals surface area contributed by atoms with Crippen molar-refractivity contribution in [2.45, 2.75) is 45.6 Å². The van der Waals surface area contributed by atoms with E-state index in [1.807, 2.05) is 43.3 Å². The van der Waals surface area contributed by atoms with Crippen molar-refractivity contribution in [3.63, 3.8) is 0 Å². The van der Waals surface area contributed by atoms with E-state index < -0.39 is 0 Å². The molecule has 2 aromatic heterocycles. The monoisotopic (exact) mass is 427 g/mol. The Morgan fingerprint density at radius 1 is 1.16 bits per heavy atom. The fourth-order valence-corrected chi connectivity index (χ4v) is 3.69. The molecule has 0 saturated heterocycles. The fourth-order valence-electron chi connectivity index (χ4n) is 3.69. The maximum atomic E-state index is 13.2. The largest absolute Gasteiger partial charge is 0.343 e. The number of carbonyl (C=O) groups excluding carboxylic acids is 1. The zero-order valence-electron chi connectivity index (χ0n) is 18.2. The molecular formula is C25H25N5O2. The smallest absolute Gasteiger partial charge is 0.255 e. The average molecular weight is 428 g/mol. The Morgan fingerprint density at radius 3 is 2.66 bits per heavy atom. The standard InChI is InChI=1S/C25H25N5O2/c1-3-17-8-10-18(11-9-17)23-20(15-30(28-23)21-7-5-4-6-16(21)2)25(31)26-14-22-27-24(29-32-22)19-12-13-19/h4-11,15,19H,3,12-14H2,1-2H3,(H,26,31). The SMILES string of the molecule is CCc1ccc(-c2nn(-c3ccccc3C)cc2C(=O)NCc2nc(C3CC3)no2)cc1. The Hall–Kier alpha value is -3.74. The topological polar surface area (TPSA) is 85.8 Å². The number of para-hydroxylation sites is 1. The quantitative estimate of drug-likeness (QED) is 0.466. The van der Waals surface area contributed by atoms with Crippen LogP contribution in [-0.2, 0) is 13.0 Å². The van der Waals surface area contributed by atoms with Gasteiger partial charge in [-0.1, -0.05) is 54.5 Å². The first kappa shape index (κ1) is 20.2. The van der Waals surface area contributed by atoms with E-state index >= 15 is 0 Å². The van der Waals surface area contributed by atoms with Gasteiger partial charge < -0.3 is 9.84 Å². The Kier molecular flexibility index (Phi) is 5.31. The Balaban J connectivity index is 1.45. The van der Waals surface area contributed by atoms with Gasteiger partial charge in [-0.15, -0.1) is 0 Å². The van der Waals surface area contributed by atoms with E-state index in [1.165, 1.54) is 5.56 Å². The minimum Gasteiger partial charge on any atom is -0.343 e. The molecule has 5 rings (SSSR count). The summed E-state index contributed by atoms with van der Waals surface area (Å²) in [6.45, 7) is 4.33. The highest BCUT2D eigenvalue weighted by molar-refractivity contribution is 5.99. The number of nitrogens with zero attached hydrogens (tertiary/aromatic N) is 4. The van der Waals surface area contributed by atoms with Crippen LogP contribution in [0.5, 0.6) is 0 Å². The van der Waals surface area contributed by atoms with Gasteiger partial charge in [-0.3, -0.25) is 4.79 Å². The Labute approximate surface area is 186 Å². The molecule has 0 radical (unpaired) electrons. The summed E-state index contributed by atoms with van der Waals surface area (Å²) in [7, 11) is 0. The lowest BCUT2D eigenvalue weighted by molar-refractivity contribution is 0.0947. The first-order valence-corrected chi connectivity index (χ1v) is 11.0. The number of carbonyl (C=O) groups is 1. The van der Waals surface area contributed by atoms with Crippen molar-refractivity contribution in [1.82, 2.24) is 25.2 Å². The Morgan fingerprint density at radius 2 is 1.94 bits per heavy atom. The van der Waals surface area contributed by atoms with E-state index in [9.17, 15) is 4.79 Å². The minimum absolute atomic E-state index is 0.183. The van der Waals surface area contributed by atoms with Crippen LogP contribution < -0.4 is 5.32 Å². The number of hydrogen-bond donors (Lipinski definition) is 1. The maximum Gasteiger partial charge on any atom is 0.255 e. The van der Waals surface area contributed by atoms with Gasteiger partial charge in [0.05, 0.1) is 17.8 Å². The third kappa shape index (κ3) is 4.06. The fraction of sp³-hybridized carbons (Fsp3) is 0.280. The van der Waals surface area contributed by atoms with E-state index in [4.69, 9.17) is 9.62 Å². The summed E-state index contributed by atoms with van der Waals surface area (Å²) < 4.78 is 7.06. The normalized spacial score (nSPS) is 13.3. The second-order valence-corrected chi connectivity index (χ2v) is 8.18. The van der Waals surface area contributed by atoms with Crippen LogP contribution in [-0.4, -0.2) is 25.8 Å².